The molecular weight excluding hydrogens is 420 g/mol. The van der Waals surface area contributed by atoms with Crippen molar-refractivity contribution in [1.29, 1.82) is 0 Å². The second-order valence-electron chi connectivity index (χ2n) is 7.35. The van der Waals surface area contributed by atoms with Crippen molar-refractivity contribution in [3.05, 3.63) is 29.8 Å². The van der Waals surface area contributed by atoms with Crippen LogP contribution in [-0.2, 0) is 9.53 Å². The third-order valence-corrected chi connectivity index (χ3v) is 5.60. The number of ether oxygens (including phenoxy) is 1. The van der Waals surface area contributed by atoms with Gasteiger partial charge in [-0.05, 0) is 57.1 Å². The van der Waals surface area contributed by atoms with Crippen LogP contribution in [0.25, 0.3) is 0 Å². The number of esters is 1. The van der Waals surface area contributed by atoms with Crippen LogP contribution in [0.4, 0.5) is 10.1 Å². The molecule has 3 rings (SSSR count). The first-order valence-electron chi connectivity index (χ1n) is 9.60. The van der Waals surface area contributed by atoms with Crippen molar-refractivity contribution in [3.63, 3.8) is 0 Å². The molecule has 2 heterocycles. The van der Waals surface area contributed by atoms with E-state index in [2.05, 4.69) is 10.2 Å². The van der Waals surface area contributed by atoms with Gasteiger partial charge in [-0.15, -0.1) is 24.8 Å². The zero-order valence-corrected chi connectivity index (χ0v) is 18.4. The van der Waals surface area contributed by atoms with Crippen LogP contribution in [0.5, 0.6) is 0 Å². The summed E-state index contributed by atoms with van der Waals surface area (Å²) in [6.45, 7) is 5.31. The highest BCUT2D eigenvalue weighted by atomic mass is 35.5. The lowest BCUT2D eigenvalue weighted by atomic mass is 9.92. The molecule has 0 bridgehead atoms. The average Bonchev–Trinajstić information content (AvgIpc) is 2.72. The summed E-state index contributed by atoms with van der Waals surface area (Å²) in [5.74, 6) is -0.901. The molecule has 164 valence electrons. The number of anilines is 1. The molecule has 2 fully saturated rings. The Morgan fingerprint density at radius 2 is 1.76 bits per heavy atom. The van der Waals surface area contributed by atoms with E-state index in [0.29, 0.717) is 38.0 Å². The molecular formula is C20H30Cl2FN3O3. The SMILES string of the molecule is COC(=O)c1ccc(N2CCN(C(=O)C(F)C3CCNCC3)C(C)C2)cc1.Cl.Cl. The van der Waals surface area contributed by atoms with E-state index in [1.165, 1.54) is 7.11 Å². The number of methoxy groups -OCH3 is 1. The van der Waals surface area contributed by atoms with Crippen molar-refractivity contribution in [2.24, 2.45) is 5.92 Å². The van der Waals surface area contributed by atoms with Gasteiger partial charge in [0.1, 0.15) is 0 Å². The smallest absolute Gasteiger partial charge is 0.337 e. The minimum atomic E-state index is -1.40. The van der Waals surface area contributed by atoms with E-state index in [0.717, 1.165) is 18.8 Å². The molecule has 2 aliphatic rings. The van der Waals surface area contributed by atoms with Gasteiger partial charge in [0.2, 0.25) is 0 Å². The van der Waals surface area contributed by atoms with Gasteiger partial charge in [0.05, 0.1) is 12.7 Å². The van der Waals surface area contributed by atoms with Gasteiger partial charge in [-0.2, -0.15) is 0 Å². The number of halogens is 3. The number of carbonyl (C=O) groups excluding carboxylic acids is 2. The number of nitrogens with one attached hydrogen (secondary N) is 1. The van der Waals surface area contributed by atoms with E-state index in [4.69, 9.17) is 4.74 Å². The molecule has 2 saturated heterocycles. The predicted molar refractivity (Wildman–Crippen MR) is 116 cm³/mol. The van der Waals surface area contributed by atoms with Gasteiger partial charge in [0.15, 0.2) is 6.17 Å². The molecule has 1 amide bonds. The minimum Gasteiger partial charge on any atom is -0.465 e. The molecule has 1 N–H and O–H groups in total. The molecule has 2 aliphatic heterocycles. The van der Waals surface area contributed by atoms with Crippen molar-refractivity contribution in [3.8, 4) is 0 Å². The number of piperazine rings is 1. The lowest BCUT2D eigenvalue weighted by molar-refractivity contribution is -0.141. The summed E-state index contributed by atoms with van der Waals surface area (Å²) in [5.41, 5.74) is 1.49. The normalized spacial score (nSPS) is 20.9. The quantitative estimate of drug-likeness (QED) is 0.715. The second-order valence-corrected chi connectivity index (χ2v) is 7.35. The molecule has 0 radical (unpaired) electrons. The van der Waals surface area contributed by atoms with Gasteiger partial charge in [-0.25, -0.2) is 9.18 Å². The van der Waals surface area contributed by atoms with Crippen LogP contribution in [0.15, 0.2) is 24.3 Å². The number of piperidine rings is 1. The number of hydrogen-bond donors (Lipinski definition) is 1. The molecule has 0 spiro atoms. The Kier molecular flexibility index (Phi) is 10.2. The van der Waals surface area contributed by atoms with Gasteiger partial charge in [0, 0.05) is 37.3 Å². The number of rotatable bonds is 4. The lowest BCUT2D eigenvalue weighted by Gasteiger charge is -2.42. The van der Waals surface area contributed by atoms with E-state index in [1.54, 1.807) is 17.0 Å². The zero-order valence-electron chi connectivity index (χ0n) is 16.8. The molecule has 9 heteroatoms. The fourth-order valence-corrected chi connectivity index (χ4v) is 3.94. The van der Waals surface area contributed by atoms with Crippen molar-refractivity contribution in [2.75, 3.05) is 44.7 Å². The minimum absolute atomic E-state index is 0. The topological polar surface area (TPSA) is 61.9 Å². The summed E-state index contributed by atoms with van der Waals surface area (Å²) in [7, 11) is 1.36. The van der Waals surface area contributed by atoms with Gasteiger partial charge in [-0.1, -0.05) is 0 Å². The Bertz CT molecular complexity index is 671. The third-order valence-electron chi connectivity index (χ3n) is 5.60. The molecule has 0 saturated carbocycles. The first-order valence-corrected chi connectivity index (χ1v) is 9.60. The molecule has 2 atom stereocenters. The first kappa shape index (κ1) is 25.5. The van der Waals surface area contributed by atoms with Gasteiger partial charge < -0.3 is 19.9 Å². The van der Waals surface area contributed by atoms with E-state index >= 15 is 0 Å². The third kappa shape index (κ3) is 5.96. The average molecular weight is 450 g/mol. The van der Waals surface area contributed by atoms with Crippen LogP contribution in [0.1, 0.15) is 30.1 Å². The number of nitrogens with zero attached hydrogens (tertiary/aromatic N) is 2. The summed E-state index contributed by atoms with van der Waals surface area (Å²) >= 11 is 0. The van der Waals surface area contributed by atoms with E-state index in [1.807, 2.05) is 19.1 Å². The van der Waals surface area contributed by atoms with E-state index < -0.39 is 6.17 Å². The summed E-state index contributed by atoms with van der Waals surface area (Å²) < 4.78 is 19.5. The van der Waals surface area contributed by atoms with Gasteiger partial charge in [-0.3, -0.25) is 4.79 Å². The molecule has 2 unspecified atom stereocenters. The highest BCUT2D eigenvalue weighted by Gasteiger charge is 2.36. The fourth-order valence-electron chi connectivity index (χ4n) is 3.94. The Balaban J connectivity index is 0.00000210. The molecule has 29 heavy (non-hydrogen) atoms. The van der Waals surface area contributed by atoms with Crippen molar-refractivity contribution >= 4 is 42.4 Å². The molecule has 1 aromatic rings. The summed E-state index contributed by atoms with van der Waals surface area (Å²) in [5, 5.41) is 3.21. The Morgan fingerprint density at radius 3 is 2.31 bits per heavy atom. The highest BCUT2D eigenvalue weighted by molar-refractivity contribution is 5.89. The monoisotopic (exact) mass is 449 g/mol. The maximum atomic E-state index is 14.7. The number of benzene rings is 1. The Hall–Kier alpha value is -1.57. The molecule has 6 nitrogen and oxygen atoms in total. The van der Waals surface area contributed by atoms with Crippen LogP contribution in [-0.4, -0.2) is 68.8 Å². The van der Waals surface area contributed by atoms with Crippen LogP contribution in [0.3, 0.4) is 0 Å². The summed E-state index contributed by atoms with van der Waals surface area (Å²) in [4.78, 5) is 28.1. The predicted octanol–water partition coefficient (Wildman–Crippen LogP) is 2.69. The summed E-state index contributed by atoms with van der Waals surface area (Å²) in [6.07, 6.45) is 0.0298. The summed E-state index contributed by atoms with van der Waals surface area (Å²) in [6, 6.07) is 7.16. The molecule has 0 aromatic heterocycles. The van der Waals surface area contributed by atoms with Crippen molar-refractivity contribution in [1.82, 2.24) is 10.2 Å². The van der Waals surface area contributed by atoms with Crippen molar-refractivity contribution < 1.29 is 18.7 Å². The standard InChI is InChI=1S/C20H28FN3O3.2ClH/c1-14-13-23(17-5-3-16(4-6-17)20(26)27-2)11-12-24(14)19(25)18(21)15-7-9-22-10-8-15;;/h3-6,14-15,18,22H,7-13H2,1-2H3;2*1H. The number of amides is 1. The first-order chi connectivity index (χ1) is 13.0. The van der Waals surface area contributed by atoms with Crippen LogP contribution in [0, 0.1) is 5.92 Å². The Morgan fingerprint density at radius 1 is 1.14 bits per heavy atom. The highest BCUT2D eigenvalue weighted by Crippen LogP contribution is 2.25. The van der Waals surface area contributed by atoms with Gasteiger partial charge >= 0.3 is 5.97 Å². The van der Waals surface area contributed by atoms with Gasteiger partial charge in [0.25, 0.3) is 5.91 Å². The number of alkyl halides is 1. The van der Waals surface area contributed by atoms with Crippen molar-refractivity contribution in [2.45, 2.75) is 32.0 Å². The van der Waals surface area contributed by atoms with Crippen LogP contribution >= 0.6 is 24.8 Å². The largest absolute Gasteiger partial charge is 0.465 e. The second kappa shape index (κ2) is 11.6. The Labute approximate surface area is 184 Å². The fraction of sp³-hybridized carbons (Fsp3) is 0.600. The zero-order chi connectivity index (χ0) is 19.4. The van der Waals surface area contributed by atoms with E-state index in [-0.39, 0.29) is 48.7 Å². The molecule has 0 aliphatic carbocycles. The van der Waals surface area contributed by atoms with Crippen LogP contribution in [0.2, 0.25) is 0 Å². The maximum Gasteiger partial charge on any atom is 0.337 e. The number of hydrogen-bond acceptors (Lipinski definition) is 5. The molecule has 1 aromatic carbocycles. The maximum absolute atomic E-state index is 14.7. The van der Waals surface area contributed by atoms with Crippen LogP contribution < -0.4 is 10.2 Å². The van der Waals surface area contributed by atoms with E-state index in [9.17, 15) is 14.0 Å². The lowest BCUT2D eigenvalue weighted by Crippen LogP contribution is -2.57. The number of carbonyl (C=O) groups is 2.